The molecule has 2 fully saturated rings. The third-order valence-electron chi connectivity index (χ3n) is 4.08. The van der Waals surface area contributed by atoms with Crippen molar-refractivity contribution in [3.8, 4) is 0 Å². The minimum Gasteiger partial charge on any atom is -0.376 e. The molecule has 2 heterocycles. The van der Waals surface area contributed by atoms with Crippen molar-refractivity contribution in [2.24, 2.45) is 0 Å². The fraction of sp³-hybridized carbons (Fsp3) is 0.500. The Hall–Kier alpha value is -1.34. The van der Waals surface area contributed by atoms with Gasteiger partial charge in [0.05, 0.1) is 19.8 Å². The lowest BCUT2D eigenvalue weighted by atomic mass is 10.1. The molecule has 2 aliphatic rings. The maximum Gasteiger partial charge on any atom is 0.254 e. The van der Waals surface area contributed by atoms with Crippen molar-refractivity contribution in [2.45, 2.75) is 6.10 Å². The van der Waals surface area contributed by atoms with E-state index in [0.717, 1.165) is 0 Å². The van der Waals surface area contributed by atoms with Gasteiger partial charge in [-0.15, -0.1) is 0 Å². The number of hydrogen-bond donors (Lipinski definition) is 0. The Bertz CT molecular complexity index is 606. The Kier molecular flexibility index (Phi) is 5.61. The van der Waals surface area contributed by atoms with Crippen molar-refractivity contribution in [1.29, 1.82) is 0 Å². The van der Waals surface area contributed by atoms with Gasteiger partial charge >= 0.3 is 0 Å². The molecule has 8 heteroatoms. The van der Waals surface area contributed by atoms with Crippen molar-refractivity contribution >= 4 is 35.0 Å². The standard InChI is InChI=1S/C16H18Cl2N2O4/c17-12-7-11(8-13(18)9-12)15(21)19-1-3-20(4-2-19)16(22)14-10-23-5-6-24-14/h7-9,14H,1-6,10H2/t14-/m0/s1. The molecular weight excluding hydrogens is 355 g/mol. The number of amides is 2. The van der Waals surface area contributed by atoms with Crippen molar-refractivity contribution in [1.82, 2.24) is 9.80 Å². The van der Waals surface area contributed by atoms with Crippen LogP contribution in [0, 0.1) is 0 Å². The first-order chi connectivity index (χ1) is 11.5. The van der Waals surface area contributed by atoms with Gasteiger partial charge in [0, 0.05) is 41.8 Å². The molecular formula is C16H18Cl2N2O4. The van der Waals surface area contributed by atoms with Gasteiger partial charge in [0.2, 0.25) is 0 Å². The van der Waals surface area contributed by atoms with Crippen LogP contribution in [-0.4, -0.2) is 73.7 Å². The molecule has 1 atom stereocenters. The minimum absolute atomic E-state index is 0.0763. The molecule has 1 aromatic carbocycles. The van der Waals surface area contributed by atoms with E-state index < -0.39 is 6.10 Å². The van der Waals surface area contributed by atoms with E-state index in [0.29, 0.717) is 61.6 Å². The van der Waals surface area contributed by atoms with E-state index in [4.69, 9.17) is 32.7 Å². The van der Waals surface area contributed by atoms with Gasteiger partial charge in [0.25, 0.3) is 11.8 Å². The van der Waals surface area contributed by atoms with E-state index in [2.05, 4.69) is 0 Å². The molecule has 3 rings (SSSR count). The van der Waals surface area contributed by atoms with Gasteiger partial charge in [-0.1, -0.05) is 23.2 Å². The maximum absolute atomic E-state index is 12.5. The molecule has 0 N–H and O–H groups in total. The lowest BCUT2D eigenvalue weighted by Gasteiger charge is -2.37. The fourth-order valence-corrected chi connectivity index (χ4v) is 3.35. The second kappa shape index (κ2) is 7.70. The molecule has 0 aliphatic carbocycles. The monoisotopic (exact) mass is 372 g/mol. The van der Waals surface area contributed by atoms with E-state index in [-0.39, 0.29) is 11.8 Å². The molecule has 0 radical (unpaired) electrons. The van der Waals surface area contributed by atoms with Gasteiger partial charge in [-0.25, -0.2) is 0 Å². The number of carbonyl (C=O) groups excluding carboxylic acids is 2. The third-order valence-corrected chi connectivity index (χ3v) is 4.52. The summed E-state index contributed by atoms with van der Waals surface area (Å²) in [7, 11) is 0. The highest BCUT2D eigenvalue weighted by Gasteiger charge is 2.31. The zero-order chi connectivity index (χ0) is 17.1. The Labute approximate surface area is 150 Å². The topological polar surface area (TPSA) is 59.1 Å². The molecule has 2 saturated heterocycles. The summed E-state index contributed by atoms with van der Waals surface area (Å²) < 4.78 is 10.7. The lowest BCUT2D eigenvalue weighted by Crippen LogP contribution is -2.54. The molecule has 1 aromatic rings. The van der Waals surface area contributed by atoms with Gasteiger partial charge in [-0.2, -0.15) is 0 Å². The lowest BCUT2D eigenvalue weighted by molar-refractivity contribution is -0.159. The first kappa shape index (κ1) is 17.5. The number of carbonyl (C=O) groups is 2. The van der Waals surface area contributed by atoms with Crippen LogP contribution in [0.15, 0.2) is 18.2 Å². The maximum atomic E-state index is 12.5. The zero-order valence-corrected chi connectivity index (χ0v) is 14.6. The highest BCUT2D eigenvalue weighted by molar-refractivity contribution is 6.35. The molecule has 0 spiro atoms. The Morgan fingerprint density at radius 3 is 2.17 bits per heavy atom. The molecule has 2 amide bonds. The van der Waals surface area contributed by atoms with Crippen molar-refractivity contribution in [3.63, 3.8) is 0 Å². The van der Waals surface area contributed by atoms with Crippen LogP contribution in [-0.2, 0) is 14.3 Å². The van der Waals surface area contributed by atoms with Crippen LogP contribution in [0.5, 0.6) is 0 Å². The van der Waals surface area contributed by atoms with Crippen LogP contribution >= 0.6 is 23.2 Å². The molecule has 0 saturated carbocycles. The van der Waals surface area contributed by atoms with Crippen LogP contribution in [0.2, 0.25) is 10.0 Å². The number of ether oxygens (including phenoxy) is 2. The Balaban J connectivity index is 1.58. The third kappa shape index (κ3) is 4.00. The van der Waals surface area contributed by atoms with Crippen LogP contribution in [0.25, 0.3) is 0 Å². The molecule has 0 unspecified atom stereocenters. The second-order valence-electron chi connectivity index (χ2n) is 5.71. The summed E-state index contributed by atoms with van der Waals surface area (Å²) in [5, 5.41) is 0.850. The number of rotatable bonds is 2. The van der Waals surface area contributed by atoms with Crippen LogP contribution in [0.1, 0.15) is 10.4 Å². The minimum atomic E-state index is -0.535. The summed E-state index contributed by atoms with van der Waals surface area (Å²) in [6.45, 7) is 3.11. The number of piperazine rings is 1. The normalized spacial score (nSPS) is 21.7. The number of nitrogens with zero attached hydrogens (tertiary/aromatic N) is 2. The van der Waals surface area contributed by atoms with Crippen LogP contribution < -0.4 is 0 Å². The van der Waals surface area contributed by atoms with Crippen molar-refractivity contribution in [2.75, 3.05) is 46.0 Å². The van der Waals surface area contributed by atoms with Gasteiger partial charge in [-0.05, 0) is 18.2 Å². The quantitative estimate of drug-likeness (QED) is 0.792. The number of hydrogen-bond acceptors (Lipinski definition) is 4. The predicted molar refractivity (Wildman–Crippen MR) is 89.5 cm³/mol. The van der Waals surface area contributed by atoms with Crippen molar-refractivity contribution < 1.29 is 19.1 Å². The zero-order valence-electron chi connectivity index (χ0n) is 13.0. The molecule has 24 heavy (non-hydrogen) atoms. The van der Waals surface area contributed by atoms with Crippen molar-refractivity contribution in [3.05, 3.63) is 33.8 Å². The van der Waals surface area contributed by atoms with E-state index >= 15 is 0 Å². The summed E-state index contributed by atoms with van der Waals surface area (Å²) in [4.78, 5) is 28.3. The van der Waals surface area contributed by atoms with E-state index in [9.17, 15) is 9.59 Å². The Morgan fingerprint density at radius 2 is 1.58 bits per heavy atom. The van der Waals surface area contributed by atoms with E-state index in [1.54, 1.807) is 28.0 Å². The summed E-state index contributed by atoms with van der Waals surface area (Å²) in [5.74, 6) is -0.212. The summed E-state index contributed by atoms with van der Waals surface area (Å²) in [6.07, 6.45) is -0.535. The average Bonchev–Trinajstić information content (AvgIpc) is 2.60. The predicted octanol–water partition coefficient (Wildman–Crippen LogP) is 1.69. The summed E-state index contributed by atoms with van der Waals surface area (Å²) >= 11 is 11.9. The smallest absolute Gasteiger partial charge is 0.254 e. The molecule has 0 bridgehead atoms. The van der Waals surface area contributed by atoms with Gasteiger partial charge < -0.3 is 19.3 Å². The highest BCUT2D eigenvalue weighted by atomic mass is 35.5. The van der Waals surface area contributed by atoms with E-state index in [1.807, 2.05) is 0 Å². The summed E-state index contributed by atoms with van der Waals surface area (Å²) in [6, 6.07) is 4.78. The SMILES string of the molecule is O=C(c1cc(Cl)cc(Cl)c1)N1CCN(C(=O)[C@@H]2COCCO2)CC1. The van der Waals surface area contributed by atoms with Crippen LogP contribution in [0.3, 0.4) is 0 Å². The van der Waals surface area contributed by atoms with Crippen LogP contribution in [0.4, 0.5) is 0 Å². The average molecular weight is 373 g/mol. The highest BCUT2D eigenvalue weighted by Crippen LogP contribution is 2.21. The largest absolute Gasteiger partial charge is 0.376 e. The molecule has 130 valence electrons. The molecule has 2 aliphatic heterocycles. The molecule has 6 nitrogen and oxygen atoms in total. The Morgan fingerprint density at radius 1 is 0.958 bits per heavy atom. The number of halogens is 2. The van der Waals surface area contributed by atoms with Gasteiger partial charge in [-0.3, -0.25) is 9.59 Å². The summed E-state index contributed by atoms with van der Waals surface area (Å²) in [5.41, 5.74) is 0.455. The fourth-order valence-electron chi connectivity index (χ4n) is 2.82. The molecule has 0 aromatic heterocycles. The first-order valence-electron chi connectivity index (χ1n) is 7.78. The van der Waals surface area contributed by atoms with E-state index in [1.165, 1.54) is 0 Å². The first-order valence-corrected chi connectivity index (χ1v) is 8.53. The number of benzene rings is 1. The second-order valence-corrected chi connectivity index (χ2v) is 6.58. The van der Waals surface area contributed by atoms with Gasteiger partial charge in [0.1, 0.15) is 0 Å². The van der Waals surface area contributed by atoms with Gasteiger partial charge in [0.15, 0.2) is 6.10 Å².